The number of thioether (sulfide) groups is 1. The Hall–Kier alpha value is -1.73. The third-order valence-electron chi connectivity index (χ3n) is 4.73. The van der Waals surface area contributed by atoms with Crippen LogP contribution in [0.1, 0.15) is 22.6 Å². The number of aromatic nitrogens is 4. The number of aryl methyl sites for hydroxylation is 2. The second-order valence-electron chi connectivity index (χ2n) is 6.59. The van der Waals surface area contributed by atoms with E-state index in [-0.39, 0.29) is 5.56 Å². The van der Waals surface area contributed by atoms with Crippen molar-refractivity contribution in [1.82, 2.24) is 24.6 Å². The second-order valence-corrected chi connectivity index (χ2v) is 7.69. The molecular formula is C17H21N5OS. The first-order chi connectivity index (χ1) is 11.7. The number of nitrogens with zero attached hydrogens (tertiary/aromatic N) is 5. The van der Waals surface area contributed by atoms with E-state index in [0.717, 1.165) is 66.8 Å². The standard InChI is InChI=1S/C17H21N5OS/c1-12-16(19-4-3-18-12)10-21-7-13(8-21)9-22-17(23)6-14-11-24-5-2-15(14)20-22/h3-4,6,13H,2,5,7-11H2,1H3. The Kier molecular flexibility index (Phi) is 4.37. The molecule has 0 unspecified atom stereocenters. The Morgan fingerprint density at radius 3 is 2.96 bits per heavy atom. The molecule has 24 heavy (non-hydrogen) atoms. The molecule has 0 atom stereocenters. The van der Waals surface area contributed by atoms with Gasteiger partial charge in [0.25, 0.3) is 5.56 Å². The molecule has 1 fully saturated rings. The highest BCUT2D eigenvalue weighted by atomic mass is 32.2. The predicted molar refractivity (Wildman–Crippen MR) is 93.9 cm³/mol. The van der Waals surface area contributed by atoms with Crippen LogP contribution in [0.5, 0.6) is 0 Å². The molecule has 0 amide bonds. The van der Waals surface area contributed by atoms with Gasteiger partial charge in [0.1, 0.15) is 0 Å². The van der Waals surface area contributed by atoms with Gasteiger partial charge >= 0.3 is 0 Å². The molecular weight excluding hydrogens is 322 g/mol. The third kappa shape index (κ3) is 3.23. The van der Waals surface area contributed by atoms with Crippen LogP contribution in [0.3, 0.4) is 0 Å². The zero-order chi connectivity index (χ0) is 16.5. The molecule has 2 aromatic rings. The zero-order valence-electron chi connectivity index (χ0n) is 13.8. The molecule has 126 valence electrons. The Balaban J connectivity index is 1.37. The predicted octanol–water partition coefficient (Wildman–Crippen LogP) is 1.26. The highest BCUT2D eigenvalue weighted by Crippen LogP contribution is 2.23. The van der Waals surface area contributed by atoms with E-state index in [1.54, 1.807) is 23.1 Å². The minimum atomic E-state index is 0.0412. The molecule has 0 bridgehead atoms. The number of fused-ring (bicyclic) bond motifs is 1. The maximum atomic E-state index is 12.2. The Morgan fingerprint density at radius 2 is 2.12 bits per heavy atom. The smallest absolute Gasteiger partial charge is 0.267 e. The van der Waals surface area contributed by atoms with Crippen LogP contribution >= 0.6 is 11.8 Å². The monoisotopic (exact) mass is 343 g/mol. The van der Waals surface area contributed by atoms with Crippen molar-refractivity contribution in [2.24, 2.45) is 5.92 Å². The van der Waals surface area contributed by atoms with Gasteiger partial charge < -0.3 is 0 Å². The quantitative estimate of drug-likeness (QED) is 0.833. The van der Waals surface area contributed by atoms with Crippen molar-refractivity contribution < 1.29 is 0 Å². The van der Waals surface area contributed by atoms with Crippen LogP contribution in [0.2, 0.25) is 0 Å². The SMILES string of the molecule is Cc1nccnc1CN1CC(Cn2nc3c(cc2=O)CSCC3)C1. The van der Waals surface area contributed by atoms with E-state index < -0.39 is 0 Å². The summed E-state index contributed by atoms with van der Waals surface area (Å²) in [5, 5.41) is 4.61. The van der Waals surface area contributed by atoms with Gasteiger partial charge in [0.05, 0.1) is 23.6 Å². The molecule has 1 saturated heterocycles. The molecule has 2 aliphatic heterocycles. The van der Waals surface area contributed by atoms with Gasteiger partial charge in [0, 0.05) is 56.2 Å². The van der Waals surface area contributed by atoms with Crippen LogP contribution in [0.15, 0.2) is 23.3 Å². The molecule has 4 rings (SSSR count). The van der Waals surface area contributed by atoms with Crippen molar-refractivity contribution in [2.75, 3.05) is 18.8 Å². The lowest BCUT2D eigenvalue weighted by molar-refractivity contribution is 0.0749. The van der Waals surface area contributed by atoms with Gasteiger partial charge in [-0.1, -0.05) is 0 Å². The summed E-state index contributed by atoms with van der Waals surface area (Å²) in [7, 11) is 0. The molecule has 2 aliphatic rings. The van der Waals surface area contributed by atoms with Gasteiger partial charge in [0.15, 0.2) is 0 Å². The van der Waals surface area contributed by atoms with E-state index in [9.17, 15) is 4.79 Å². The normalized spacial score (nSPS) is 18.2. The molecule has 0 saturated carbocycles. The molecule has 0 N–H and O–H groups in total. The van der Waals surface area contributed by atoms with E-state index in [1.165, 1.54) is 0 Å². The molecule has 0 aromatic carbocycles. The molecule has 0 spiro atoms. The number of hydrogen-bond donors (Lipinski definition) is 0. The minimum absolute atomic E-state index is 0.0412. The average molecular weight is 343 g/mol. The van der Waals surface area contributed by atoms with Gasteiger partial charge in [-0.2, -0.15) is 16.9 Å². The summed E-state index contributed by atoms with van der Waals surface area (Å²) in [6.07, 6.45) is 4.45. The fourth-order valence-corrected chi connectivity index (χ4v) is 4.30. The first-order valence-corrected chi connectivity index (χ1v) is 9.51. The summed E-state index contributed by atoms with van der Waals surface area (Å²) < 4.78 is 1.67. The summed E-state index contributed by atoms with van der Waals surface area (Å²) in [5.41, 5.74) is 4.31. The summed E-state index contributed by atoms with van der Waals surface area (Å²) in [6.45, 7) is 5.51. The van der Waals surface area contributed by atoms with Crippen LogP contribution in [-0.4, -0.2) is 43.5 Å². The molecule has 2 aromatic heterocycles. The minimum Gasteiger partial charge on any atom is -0.297 e. The van der Waals surface area contributed by atoms with Crippen LogP contribution in [-0.2, 0) is 25.3 Å². The lowest BCUT2D eigenvalue weighted by atomic mass is 10.00. The van der Waals surface area contributed by atoms with E-state index in [0.29, 0.717) is 5.92 Å². The summed E-state index contributed by atoms with van der Waals surface area (Å²) in [6, 6.07) is 1.79. The maximum absolute atomic E-state index is 12.2. The van der Waals surface area contributed by atoms with Crippen molar-refractivity contribution >= 4 is 11.8 Å². The van der Waals surface area contributed by atoms with Crippen molar-refractivity contribution in [1.29, 1.82) is 0 Å². The Labute approximate surface area is 145 Å². The number of hydrogen-bond acceptors (Lipinski definition) is 6. The van der Waals surface area contributed by atoms with Gasteiger partial charge in [-0.15, -0.1) is 0 Å². The van der Waals surface area contributed by atoms with Gasteiger partial charge in [-0.3, -0.25) is 19.7 Å². The second kappa shape index (κ2) is 6.64. The van der Waals surface area contributed by atoms with Crippen molar-refractivity contribution in [3.8, 4) is 0 Å². The van der Waals surface area contributed by atoms with Crippen LogP contribution in [0, 0.1) is 12.8 Å². The van der Waals surface area contributed by atoms with Crippen molar-refractivity contribution in [3.63, 3.8) is 0 Å². The van der Waals surface area contributed by atoms with E-state index in [2.05, 4.69) is 20.0 Å². The van der Waals surface area contributed by atoms with Crippen LogP contribution in [0.4, 0.5) is 0 Å². The first kappa shape index (κ1) is 15.8. The summed E-state index contributed by atoms with van der Waals surface area (Å²) in [4.78, 5) is 23.3. The van der Waals surface area contributed by atoms with Crippen LogP contribution < -0.4 is 5.56 Å². The number of rotatable bonds is 4. The lowest BCUT2D eigenvalue weighted by Gasteiger charge is -2.39. The molecule has 7 heteroatoms. The Bertz CT molecular complexity index is 800. The van der Waals surface area contributed by atoms with E-state index in [1.807, 2.05) is 18.7 Å². The summed E-state index contributed by atoms with van der Waals surface area (Å²) in [5.74, 6) is 2.52. The fraction of sp³-hybridized carbons (Fsp3) is 0.529. The zero-order valence-corrected chi connectivity index (χ0v) is 14.6. The van der Waals surface area contributed by atoms with Gasteiger partial charge in [-0.05, 0) is 18.2 Å². The average Bonchev–Trinajstić information content (AvgIpc) is 2.55. The lowest BCUT2D eigenvalue weighted by Crippen LogP contribution is -2.49. The van der Waals surface area contributed by atoms with Gasteiger partial charge in [-0.25, -0.2) is 4.68 Å². The highest BCUT2D eigenvalue weighted by molar-refractivity contribution is 7.98. The first-order valence-electron chi connectivity index (χ1n) is 8.35. The summed E-state index contributed by atoms with van der Waals surface area (Å²) >= 11 is 1.88. The van der Waals surface area contributed by atoms with Gasteiger partial charge in [0.2, 0.25) is 0 Å². The molecule has 0 aliphatic carbocycles. The topological polar surface area (TPSA) is 63.9 Å². The fourth-order valence-electron chi connectivity index (χ4n) is 3.35. The molecule has 6 nitrogen and oxygen atoms in total. The number of likely N-dealkylation sites (tertiary alicyclic amines) is 1. The third-order valence-corrected chi connectivity index (χ3v) is 5.73. The van der Waals surface area contributed by atoms with Crippen LogP contribution in [0.25, 0.3) is 0 Å². The maximum Gasteiger partial charge on any atom is 0.267 e. The van der Waals surface area contributed by atoms with Crippen molar-refractivity contribution in [3.05, 3.63) is 51.5 Å². The van der Waals surface area contributed by atoms with E-state index >= 15 is 0 Å². The molecule has 0 radical (unpaired) electrons. The molecule has 4 heterocycles. The van der Waals surface area contributed by atoms with Crippen molar-refractivity contribution in [2.45, 2.75) is 32.2 Å². The highest BCUT2D eigenvalue weighted by Gasteiger charge is 2.28. The Morgan fingerprint density at radius 1 is 1.29 bits per heavy atom. The van der Waals surface area contributed by atoms with E-state index in [4.69, 9.17) is 0 Å². The largest absolute Gasteiger partial charge is 0.297 e.